The Labute approximate surface area is 110 Å². The number of aromatic nitrogens is 1. The van der Waals surface area contributed by atoms with Gasteiger partial charge in [0.25, 0.3) is 0 Å². The molecule has 3 rings (SSSR count). The SMILES string of the molecule is Cl.N[C@H](c1ccc2[nH]ccc2c1)c1cccs1. The maximum absolute atomic E-state index is 6.22. The van der Waals surface area contributed by atoms with Crippen LogP contribution in [0.5, 0.6) is 0 Å². The van der Waals surface area contributed by atoms with Crippen LogP contribution < -0.4 is 5.73 Å². The summed E-state index contributed by atoms with van der Waals surface area (Å²) in [5, 5.41) is 3.27. The standard InChI is InChI=1S/C13H12N2S.ClH/c14-13(12-2-1-7-16-12)10-3-4-11-9(8-10)5-6-15-11;/h1-8,13,15H,14H2;1H/t13-;/m1./s1. The molecule has 3 N–H and O–H groups in total. The Morgan fingerprint density at radius 2 is 2.06 bits per heavy atom. The molecule has 0 radical (unpaired) electrons. The number of H-pyrrole nitrogens is 1. The molecule has 88 valence electrons. The summed E-state index contributed by atoms with van der Waals surface area (Å²) in [6.45, 7) is 0. The van der Waals surface area contributed by atoms with Gasteiger partial charge < -0.3 is 10.7 Å². The number of halogens is 1. The average Bonchev–Trinajstić information content (AvgIpc) is 2.98. The van der Waals surface area contributed by atoms with E-state index >= 15 is 0 Å². The number of rotatable bonds is 2. The van der Waals surface area contributed by atoms with Gasteiger partial charge >= 0.3 is 0 Å². The van der Waals surface area contributed by atoms with Crippen LogP contribution in [0.1, 0.15) is 16.5 Å². The molecule has 17 heavy (non-hydrogen) atoms. The molecule has 1 atom stereocenters. The van der Waals surface area contributed by atoms with E-state index in [1.807, 2.05) is 12.3 Å². The Bertz CT molecular complexity index is 601. The molecule has 1 aromatic carbocycles. The Morgan fingerprint density at radius 3 is 2.82 bits per heavy atom. The molecule has 3 aromatic rings. The zero-order valence-electron chi connectivity index (χ0n) is 9.09. The summed E-state index contributed by atoms with van der Waals surface area (Å²) in [4.78, 5) is 4.39. The minimum atomic E-state index is -0.0145. The van der Waals surface area contributed by atoms with E-state index in [9.17, 15) is 0 Å². The van der Waals surface area contributed by atoms with Crippen molar-refractivity contribution in [2.45, 2.75) is 6.04 Å². The van der Waals surface area contributed by atoms with Crippen LogP contribution in [0.2, 0.25) is 0 Å². The van der Waals surface area contributed by atoms with Crippen LogP contribution >= 0.6 is 23.7 Å². The van der Waals surface area contributed by atoms with Crippen molar-refractivity contribution in [1.29, 1.82) is 0 Å². The molecule has 0 aliphatic rings. The highest BCUT2D eigenvalue weighted by Gasteiger charge is 2.10. The molecule has 0 unspecified atom stereocenters. The van der Waals surface area contributed by atoms with E-state index in [1.54, 1.807) is 11.3 Å². The fourth-order valence-electron chi connectivity index (χ4n) is 1.90. The largest absolute Gasteiger partial charge is 0.361 e. The van der Waals surface area contributed by atoms with Crippen LogP contribution in [0.3, 0.4) is 0 Å². The molecule has 0 amide bonds. The molecule has 0 saturated heterocycles. The lowest BCUT2D eigenvalue weighted by Crippen LogP contribution is -2.09. The van der Waals surface area contributed by atoms with E-state index in [-0.39, 0.29) is 18.4 Å². The maximum atomic E-state index is 6.22. The molecule has 4 heteroatoms. The van der Waals surface area contributed by atoms with Gasteiger partial charge in [0.05, 0.1) is 6.04 Å². The van der Waals surface area contributed by atoms with Crippen LogP contribution in [0, 0.1) is 0 Å². The predicted octanol–water partition coefficient (Wildman–Crippen LogP) is 3.70. The van der Waals surface area contributed by atoms with Gasteiger partial charge in [0.15, 0.2) is 0 Å². The summed E-state index contributed by atoms with van der Waals surface area (Å²) in [5.74, 6) is 0. The third-order valence-electron chi connectivity index (χ3n) is 2.79. The maximum Gasteiger partial charge on any atom is 0.0646 e. The summed E-state index contributed by atoms with van der Waals surface area (Å²) in [6.07, 6.45) is 1.95. The minimum Gasteiger partial charge on any atom is -0.361 e. The molecule has 2 nitrogen and oxygen atoms in total. The normalized spacial score (nSPS) is 12.3. The van der Waals surface area contributed by atoms with Gasteiger partial charge in [0, 0.05) is 16.6 Å². The van der Waals surface area contributed by atoms with Gasteiger partial charge in [-0.15, -0.1) is 23.7 Å². The number of hydrogen-bond donors (Lipinski definition) is 2. The van der Waals surface area contributed by atoms with Gasteiger partial charge in [-0.2, -0.15) is 0 Å². The van der Waals surface area contributed by atoms with Gasteiger partial charge in [0.2, 0.25) is 0 Å². The third-order valence-corrected chi connectivity index (χ3v) is 3.74. The number of aromatic amines is 1. The van der Waals surface area contributed by atoms with Crippen molar-refractivity contribution in [2.75, 3.05) is 0 Å². The van der Waals surface area contributed by atoms with Crippen LogP contribution in [0.25, 0.3) is 10.9 Å². The number of fused-ring (bicyclic) bond motifs is 1. The van der Waals surface area contributed by atoms with E-state index in [0.29, 0.717) is 0 Å². The first-order valence-corrected chi connectivity index (χ1v) is 6.08. The highest BCUT2D eigenvalue weighted by Crippen LogP contribution is 2.25. The zero-order chi connectivity index (χ0) is 11.0. The van der Waals surface area contributed by atoms with E-state index in [1.165, 1.54) is 10.3 Å². The molecule has 2 heterocycles. The second-order valence-corrected chi connectivity index (χ2v) is 4.80. The van der Waals surface area contributed by atoms with Gasteiger partial charge in [-0.1, -0.05) is 12.1 Å². The Balaban J connectivity index is 0.00000108. The van der Waals surface area contributed by atoms with Crippen LogP contribution in [0.15, 0.2) is 48.0 Å². The lowest BCUT2D eigenvalue weighted by Gasteiger charge is -2.09. The number of hydrogen-bond acceptors (Lipinski definition) is 2. The smallest absolute Gasteiger partial charge is 0.0646 e. The van der Waals surface area contributed by atoms with Crippen molar-refractivity contribution < 1.29 is 0 Å². The average molecular weight is 265 g/mol. The molecule has 0 aliphatic heterocycles. The van der Waals surface area contributed by atoms with Gasteiger partial charge in [-0.05, 0) is 40.6 Å². The van der Waals surface area contributed by atoms with Gasteiger partial charge in [-0.3, -0.25) is 0 Å². The molecule has 0 bridgehead atoms. The Kier molecular flexibility index (Phi) is 3.52. The van der Waals surface area contributed by atoms with Crippen molar-refractivity contribution in [1.82, 2.24) is 4.98 Å². The summed E-state index contributed by atoms with van der Waals surface area (Å²) >= 11 is 1.70. The van der Waals surface area contributed by atoms with E-state index in [2.05, 4.69) is 40.7 Å². The van der Waals surface area contributed by atoms with Crippen molar-refractivity contribution in [3.05, 3.63) is 58.4 Å². The first kappa shape index (κ1) is 12.2. The highest BCUT2D eigenvalue weighted by atomic mass is 35.5. The fourth-order valence-corrected chi connectivity index (χ4v) is 2.65. The molecular weight excluding hydrogens is 252 g/mol. The molecule has 0 fully saturated rings. The van der Waals surface area contributed by atoms with Crippen LogP contribution in [0.4, 0.5) is 0 Å². The van der Waals surface area contributed by atoms with Crippen molar-refractivity contribution in [2.24, 2.45) is 5.73 Å². The Morgan fingerprint density at radius 1 is 1.18 bits per heavy atom. The van der Waals surface area contributed by atoms with Crippen molar-refractivity contribution in [3.8, 4) is 0 Å². The van der Waals surface area contributed by atoms with Crippen molar-refractivity contribution in [3.63, 3.8) is 0 Å². The molecule has 0 aliphatic carbocycles. The second kappa shape index (κ2) is 4.92. The topological polar surface area (TPSA) is 41.8 Å². The van der Waals surface area contributed by atoms with Crippen LogP contribution in [-0.4, -0.2) is 4.98 Å². The lowest BCUT2D eigenvalue weighted by atomic mass is 10.0. The van der Waals surface area contributed by atoms with Crippen molar-refractivity contribution >= 4 is 34.6 Å². The monoisotopic (exact) mass is 264 g/mol. The highest BCUT2D eigenvalue weighted by molar-refractivity contribution is 7.10. The first-order valence-electron chi connectivity index (χ1n) is 5.20. The number of nitrogens with one attached hydrogen (secondary N) is 1. The third kappa shape index (κ3) is 2.22. The second-order valence-electron chi connectivity index (χ2n) is 3.82. The first-order chi connectivity index (χ1) is 7.84. The van der Waals surface area contributed by atoms with E-state index in [4.69, 9.17) is 5.73 Å². The van der Waals surface area contributed by atoms with Crippen LogP contribution in [-0.2, 0) is 0 Å². The number of thiophene rings is 1. The van der Waals surface area contributed by atoms with E-state index in [0.717, 1.165) is 11.1 Å². The summed E-state index contributed by atoms with van der Waals surface area (Å²) < 4.78 is 0. The molecule has 0 saturated carbocycles. The van der Waals surface area contributed by atoms with E-state index < -0.39 is 0 Å². The summed E-state index contributed by atoms with van der Waals surface area (Å²) in [7, 11) is 0. The summed E-state index contributed by atoms with van der Waals surface area (Å²) in [5.41, 5.74) is 8.54. The van der Waals surface area contributed by atoms with Gasteiger partial charge in [0.1, 0.15) is 0 Å². The summed E-state index contributed by atoms with van der Waals surface area (Å²) in [6, 6.07) is 12.5. The molecule has 0 spiro atoms. The number of nitrogens with two attached hydrogens (primary N) is 1. The fraction of sp³-hybridized carbons (Fsp3) is 0.0769. The molecule has 2 aromatic heterocycles. The number of benzene rings is 1. The quantitative estimate of drug-likeness (QED) is 0.728. The Hall–Kier alpha value is -1.29. The minimum absolute atomic E-state index is 0. The lowest BCUT2D eigenvalue weighted by molar-refractivity contribution is 0.896. The predicted molar refractivity (Wildman–Crippen MR) is 75.9 cm³/mol. The molecular formula is C13H13ClN2S. The van der Waals surface area contributed by atoms with Gasteiger partial charge in [-0.25, -0.2) is 0 Å². The zero-order valence-corrected chi connectivity index (χ0v) is 10.7.